The molecule has 0 atom stereocenters. The minimum atomic E-state index is -0.727. The van der Waals surface area contributed by atoms with E-state index >= 15 is 0 Å². The highest BCUT2D eigenvalue weighted by Crippen LogP contribution is 2.25. The van der Waals surface area contributed by atoms with Gasteiger partial charge in [0.15, 0.2) is 0 Å². The van der Waals surface area contributed by atoms with E-state index in [0.29, 0.717) is 6.20 Å². The molecule has 0 heterocycles. The summed E-state index contributed by atoms with van der Waals surface area (Å²) in [6, 6.07) is 3.08. The highest BCUT2D eigenvalue weighted by Gasteiger charge is 2.05. The summed E-state index contributed by atoms with van der Waals surface area (Å²) in [5, 5.41) is 33.8. The molecular weight excluding hydrogens is 218 g/mol. The van der Waals surface area contributed by atoms with Gasteiger partial charge in [0, 0.05) is 17.8 Å². The predicted molar refractivity (Wildman–Crippen MR) is 52.3 cm³/mol. The molecule has 1 aromatic carbocycles. The topological polar surface area (TPSA) is 121 Å². The average molecular weight is 224 g/mol. The number of nitrogens with one attached hydrogen (secondary N) is 1. The summed E-state index contributed by atoms with van der Waals surface area (Å²) < 4.78 is 0. The SMILES string of the molecule is O=[N+]([O-])/C=C/Nc1cc([N+](=O)[O-])ccc1[O-]. The molecule has 0 saturated heterocycles. The summed E-state index contributed by atoms with van der Waals surface area (Å²) in [6.07, 6.45) is 1.50. The molecule has 1 N–H and O–H groups in total. The van der Waals surface area contributed by atoms with Crippen molar-refractivity contribution in [2.45, 2.75) is 0 Å². The van der Waals surface area contributed by atoms with Crippen molar-refractivity contribution in [2.75, 3.05) is 5.32 Å². The van der Waals surface area contributed by atoms with Crippen LogP contribution in [0.4, 0.5) is 11.4 Å². The first-order chi connectivity index (χ1) is 7.50. The standard InChI is InChI=1S/C8H7N3O5/c12-8-2-1-6(11(15)16)5-7(8)9-3-4-10(13)14/h1-5,9,12H/p-1/b4-3+. The van der Waals surface area contributed by atoms with Crippen LogP contribution in [0.25, 0.3) is 0 Å². The molecule has 1 aromatic rings. The van der Waals surface area contributed by atoms with Gasteiger partial charge in [-0.3, -0.25) is 20.2 Å². The third kappa shape index (κ3) is 2.94. The summed E-state index contributed by atoms with van der Waals surface area (Å²) in [5.74, 6) is -0.487. The van der Waals surface area contributed by atoms with Gasteiger partial charge < -0.3 is 10.4 Å². The summed E-state index contributed by atoms with van der Waals surface area (Å²) in [4.78, 5) is 18.9. The number of benzene rings is 1. The van der Waals surface area contributed by atoms with Crippen LogP contribution in [-0.4, -0.2) is 9.85 Å². The minimum absolute atomic E-state index is 0.0905. The normalized spacial score (nSPS) is 10.2. The zero-order valence-corrected chi connectivity index (χ0v) is 7.82. The first-order valence-electron chi connectivity index (χ1n) is 4.03. The van der Waals surface area contributed by atoms with E-state index in [0.717, 1.165) is 24.4 Å². The van der Waals surface area contributed by atoms with Crippen LogP contribution in [0.3, 0.4) is 0 Å². The monoisotopic (exact) mass is 224 g/mol. The second kappa shape index (κ2) is 4.73. The Balaban J connectivity index is 2.90. The molecule has 0 aliphatic carbocycles. The minimum Gasteiger partial charge on any atom is -0.871 e. The predicted octanol–water partition coefficient (Wildman–Crippen LogP) is 0.828. The number of nitro groups is 2. The first-order valence-corrected chi connectivity index (χ1v) is 4.03. The second-order valence-electron chi connectivity index (χ2n) is 2.68. The fourth-order valence-electron chi connectivity index (χ4n) is 0.932. The fraction of sp³-hybridized carbons (Fsp3) is 0. The van der Waals surface area contributed by atoms with Crippen molar-refractivity contribution < 1.29 is 15.0 Å². The lowest BCUT2D eigenvalue weighted by Crippen LogP contribution is -1.99. The number of rotatable bonds is 4. The molecule has 0 radical (unpaired) electrons. The molecule has 16 heavy (non-hydrogen) atoms. The molecule has 8 nitrogen and oxygen atoms in total. The van der Waals surface area contributed by atoms with Gasteiger partial charge in [-0.25, -0.2) is 0 Å². The Morgan fingerprint density at radius 3 is 2.50 bits per heavy atom. The summed E-state index contributed by atoms with van der Waals surface area (Å²) in [7, 11) is 0. The number of non-ortho nitro benzene ring substituents is 1. The van der Waals surface area contributed by atoms with Crippen molar-refractivity contribution in [3.63, 3.8) is 0 Å². The van der Waals surface area contributed by atoms with Gasteiger partial charge in [-0.1, -0.05) is 11.8 Å². The lowest BCUT2D eigenvalue weighted by molar-refractivity contribution is -0.402. The van der Waals surface area contributed by atoms with Gasteiger partial charge >= 0.3 is 0 Å². The van der Waals surface area contributed by atoms with Gasteiger partial charge in [0.05, 0.1) is 16.0 Å². The molecule has 0 aliphatic rings. The summed E-state index contributed by atoms with van der Waals surface area (Å²) >= 11 is 0. The van der Waals surface area contributed by atoms with Crippen LogP contribution >= 0.6 is 0 Å². The number of nitro benzene ring substituents is 1. The van der Waals surface area contributed by atoms with Gasteiger partial charge in [0.2, 0.25) is 6.20 Å². The highest BCUT2D eigenvalue weighted by molar-refractivity contribution is 5.61. The Kier molecular flexibility index (Phi) is 3.38. The number of nitrogens with zero attached hydrogens (tertiary/aromatic N) is 2. The van der Waals surface area contributed by atoms with E-state index in [1.807, 2.05) is 0 Å². The van der Waals surface area contributed by atoms with Crippen molar-refractivity contribution in [1.82, 2.24) is 0 Å². The van der Waals surface area contributed by atoms with Crippen LogP contribution in [0, 0.1) is 20.2 Å². The number of hydrogen-bond acceptors (Lipinski definition) is 6. The van der Waals surface area contributed by atoms with Gasteiger partial charge in [0.1, 0.15) is 0 Å². The van der Waals surface area contributed by atoms with Crippen molar-refractivity contribution >= 4 is 11.4 Å². The average Bonchev–Trinajstić information content (AvgIpc) is 2.20. The maximum Gasteiger partial charge on any atom is 0.271 e. The molecule has 1 rings (SSSR count). The van der Waals surface area contributed by atoms with Crippen LogP contribution in [-0.2, 0) is 0 Å². The van der Waals surface area contributed by atoms with Crippen LogP contribution in [0.5, 0.6) is 5.75 Å². The molecular formula is C8H6N3O5-. The molecule has 0 spiro atoms. The van der Waals surface area contributed by atoms with E-state index in [1.165, 1.54) is 0 Å². The molecule has 84 valence electrons. The third-order valence-electron chi connectivity index (χ3n) is 1.61. The lowest BCUT2D eigenvalue weighted by atomic mass is 10.2. The molecule has 0 aromatic heterocycles. The second-order valence-corrected chi connectivity index (χ2v) is 2.68. The fourth-order valence-corrected chi connectivity index (χ4v) is 0.932. The van der Waals surface area contributed by atoms with Crippen LogP contribution in [0.2, 0.25) is 0 Å². The zero-order valence-electron chi connectivity index (χ0n) is 7.82. The maximum atomic E-state index is 11.2. The smallest absolute Gasteiger partial charge is 0.271 e. The lowest BCUT2D eigenvalue weighted by Gasteiger charge is -2.11. The summed E-state index contributed by atoms with van der Waals surface area (Å²) in [5.41, 5.74) is -0.357. The molecule has 0 aliphatic heterocycles. The quantitative estimate of drug-likeness (QED) is 0.596. The molecule has 8 heteroatoms. The number of hydrogen-bond donors (Lipinski definition) is 1. The van der Waals surface area contributed by atoms with E-state index in [1.54, 1.807) is 0 Å². The Morgan fingerprint density at radius 2 is 1.94 bits per heavy atom. The molecule has 0 bridgehead atoms. The Labute approximate surface area is 89.1 Å². The van der Waals surface area contributed by atoms with Crippen LogP contribution in [0.15, 0.2) is 30.6 Å². The largest absolute Gasteiger partial charge is 0.871 e. The molecule has 0 unspecified atom stereocenters. The highest BCUT2D eigenvalue weighted by atomic mass is 16.6. The zero-order chi connectivity index (χ0) is 12.1. The van der Waals surface area contributed by atoms with Crippen LogP contribution < -0.4 is 10.4 Å². The van der Waals surface area contributed by atoms with Gasteiger partial charge in [0.25, 0.3) is 5.69 Å². The van der Waals surface area contributed by atoms with E-state index in [-0.39, 0.29) is 11.4 Å². The van der Waals surface area contributed by atoms with Crippen molar-refractivity contribution in [1.29, 1.82) is 0 Å². The third-order valence-corrected chi connectivity index (χ3v) is 1.61. The molecule has 0 fully saturated rings. The van der Waals surface area contributed by atoms with Crippen LogP contribution in [0.1, 0.15) is 0 Å². The van der Waals surface area contributed by atoms with E-state index < -0.39 is 15.6 Å². The number of anilines is 1. The van der Waals surface area contributed by atoms with Crippen molar-refractivity contribution in [2.24, 2.45) is 0 Å². The Bertz CT molecular complexity index is 457. The van der Waals surface area contributed by atoms with Gasteiger partial charge in [-0.05, 0) is 0 Å². The van der Waals surface area contributed by atoms with E-state index in [4.69, 9.17) is 0 Å². The van der Waals surface area contributed by atoms with E-state index in [2.05, 4.69) is 5.32 Å². The Morgan fingerprint density at radius 1 is 1.25 bits per heavy atom. The summed E-state index contributed by atoms with van der Waals surface area (Å²) in [6.45, 7) is 0. The Hall–Kier alpha value is -2.64. The van der Waals surface area contributed by atoms with Gasteiger partial charge in [-0.15, -0.1) is 0 Å². The van der Waals surface area contributed by atoms with E-state index in [9.17, 15) is 25.3 Å². The van der Waals surface area contributed by atoms with Crippen molar-refractivity contribution in [3.8, 4) is 5.75 Å². The van der Waals surface area contributed by atoms with Gasteiger partial charge in [-0.2, -0.15) is 0 Å². The van der Waals surface area contributed by atoms with Crippen molar-refractivity contribution in [3.05, 3.63) is 50.8 Å². The maximum absolute atomic E-state index is 11.2. The molecule has 0 saturated carbocycles. The first kappa shape index (κ1) is 11.4. The molecule has 0 amide bonds.